The van der Waals surface area contributed by atoms with Crippen molar-refractivity contribution in [2.75, 3.05) is 13.1 Å². The maximum atomic E-state index is 13.2. The summed E-state index contributed by atoms with van der Waals surface area (Å²) in [5.41, 5.74) is 0.672. The van der Waals surface area contributed by atoms with Crippen LogP contribution in [-0.4, -0.2) is 29.9 Å². The summed E-state index contributed by atoms with van der Waals surface area (Å²) in [6.45, 7) is 8.44. The van der Waals surface area contributed by atoms with E-state index in [-0.39, 0.29) is 23.2 Å². The summed E-state index contributed by atoms with van der Waals surface area (Å²) in [7, 11) is 0. The van der Waals surface area contributed by atoms with Gasteiger partial charge < -0.3 is 5.32 Å². The molecule has 0 aromatic heterocycles. The number of hydrogen-bond donors (Lipinski definition) is 1. The topological polar surface area (TPSA) is 32.3 Å². The van der Waals surface area contributed by atoms with Gasteiger partial charge in [0, 0.05) is 31.1 Å². The zero-order valence-electron chi connectivity index (χ0n) is 13.2. The van der Waals surface area contributed by atoms with Crippen LogP contribution in [0.25, 0.3) is 0 Å². The van der Waals surface area contributed by atoms with E-state index in [2.05, 4.69) is 10.2 Å². The molecule has 3 nitrogen and oxygen atoms in total. The molecule has 2 rings (SSSR count). The minimum Gasteiger partial charge on any atom is -0.353 e. The molecule has 21 heavy (non-hydrogen) atoms. The molecule has 0 radical (unpaired) electrons. The highest BCUT2D eigenvalue weighted by Crippen LogP contribution is 2.17. The van der Waals surface area contributed by atoms with Crippen molar-refractivity contribution in [2.45, 2.75) is 46.2 Å². The van der Waals surface area contributed by atoms with Gasteiger partial charge in [-0.05, 0) is 30.5 Å². The van der Waals surface area contributed by atoms with Gasteiger partial charge in [-0.25, -0.2) is 4.39 Å². The van der Waals surface area contributed by atoms with Gasteiger partial charge in [0.05, 0.1) is 0 Å². The molecule has 0 bridgehead atoms. The Morgan fingerprint density at radius 2 is 2.00 bits per heavy atom. The van der Waals surface area contributed by atoms with E-state index >= 15 is 0 Å². The van der Waals surface area contributed by atoms with Crippen LogP contribution in [-0.2, 0) is 11.3 Å². The SMILES string of the molecule is CC(C)(C)C(=O)NC1CCN(Cc2cccc(F)c2)CC1. The quantitative estimate of drug-likeness (QED) is 0.929. The molecule has 1 N–H and O–H groups in total. The summed E-state index contributed by atoms with van der Waals surface area (Å²) in [6.07, 6.45) is 1.91. The lowest BCUT2D eigenvalue weighted by molar-refractivity contribution is -0.129. The number of piperidine rings is 1. The second kappa shape index (κ2) is 6.56. The van der Waals surface area contributed by atoms with E-state index in [1.807, 2.05) is 26.8 Å². The van der Waals surface area contributed by atoms with Gasteiger partial charge in [0.1, 0.15) is 5.82 Å². The minimum atomic E-state index is -0.335. The van der Waals surface area contributed by atoms with E-state index < -0.39 is 0 Å². The molecule has 1 fully saturated rings. The third-order valence-corrected chi connectivity index (χ3v) is 3.90. The number of nitrogens with zero attached hydrogens (tertiary/aromatic N) is 1. The van der Waals surface area contributed by atoms with Crippen molar-refractivity contribution in [3.63, 3.8) is 0 Å². The molecule has 0 aliphatic carbocycles. The molecule has 1 aromatic rings. The predicted octanol–water partition coefficient (Wildman–Crippen LogP) is 2.95. The van der Waals surface area contributed by atoms with Gasteiger partial charge in [-0.1, -0.05) is 32.9 Å². The minimum absolute atomic E-state index is 0.117. The molecule has 1 saturated heterocycles. The molecule has 0 unspecified atom stereocenters. The highest BCUT2D eigenvalue weighted by molar-refractivity contribution is 5.81. The smallest absolute Gasteiger partial charge is 0.225 e. The fraction of sp³-hybridized carbons (Fsp3) is 0.588. The van der Waals surface area contributed by atoms with Crippen LogP contribution >= 0.6 is 0 Å². The average Bonchev–Trinajstić information content (AvgIpc) is 2.40. The molecule has 1 aromatic carbocycles. The second-order valence-corrected chi connectivity index (χ2v) is 6.90. The molecular formula is C17H25FN2O. The van der Waals surface area contributed by atoms with Gasteiger partial charge in [0.2, 0.25) is 5.91 Å². The van der Waals surface area contributed by atoms with Crippen molar-refractivity contribution in [2.24, 2.45) is 5.41 Å². The Kier molecular flexibility index (Phi) is 4.99. The molecule has 0 saturated carbocycles. The number of amides is 1. The molecule has 1 aliphatic rings. The largest absolute Gasteiger partial charge is 0.353 e. The molecule has 0 spiro atoms. The summed E-state index contributed by atoms with van der Waals surface area (Å²) >= 11 is 0. The number of benzene rings is 1. The monoisotopic (exact) mass is 292 g/mol. The van der Waals surface area contributed by atoms with Gasteiger partial charge in [-0.3, -0.25) is 9.69 Å². The zero-order chi connectivity index (χ0) is 15.5. The normalized spacial score (nSPS) is 17.7. The maximum Gasteiger partial charge on any atom is 0.225 e. The van der Waals surface area contributed by atoms with E-state index in [9.17, 15) is 9.18 Å². The van der Waals surface area contributed by atoms with Crippen LogP contribution in [0.4, 0.5) is 4.39 Å². The summed E-state index contributed by atoms with van der Waals surface area (Å²) < 4.78 is 13.2. The van der Waals surface area contributed by atoms with Crippen LogP contribution in [0.1, 0.15) is 39.2 Å². The first-order valence-electron chi connectivity index (χ1n) is 7.62. The zero-order valence-corrected chi connectivity index (χ0v) is 13.2. The Bertz CT molecular complexity index is 488. The molecular weight excluding hydrogens is 267 g/mol. The molecule has 1 heterocycles. The third kappa shape index (κ3) is 4.81. The summed E-state index contributed by atoms with van der Waals surface area (Å²) in [5, 5.41) is 3.13. The predicted molar refractivity (Wildman–Crippen MR) is 82.3 cm³/mol. The van der Waals surface area contributed by atoms with E-state index in [1.165, 1.54) is 6.07 Å². The lowest BCUT2D eigenvalue weighted by Crippen LogP contribution is -2.47. The van der Waals surface area contributed by atoms with Gasteiger partial charge >= 0.3 is 0 Å². The molecule has 1 aliphatic heterocycles. The fourth-order valence-electron chi connectivity index (χ4n) is 2.53. The van der Waals surface area contributed by atoms with Crippen LogP contribution in [0.15, 0.2) is 24.3 Å². The number of rotatable bonds is 3. The molecule has 0 atom stereocenters. The van der Waals surface area contributed by atoms with E-state index in [4.69, 9.17) is 0 Å². The van der Waals surface area contributed by atoms with Gasteiger partial charge in [0.25, 0.3) is 0 Å². The van der Waals surface area contributed by atoms with Crippen LogP contribution in [0, 0.1) is 11.2 Å². The Morgan fingerprint density at radius 1 is 1.33 bits per heavy atom. The first-order chi connectivity index (χ1) is 9.84. The second-order valence-electron chi connectivity index (χ2n) is 6.90. The van der Waals surface area contributed by atoms with Crippen LogP contribution in [0.5, 0.6) is 0 Å². The molecule has 116 valence electrons. The molecule has 4 heteroatoms. The van der Waals surface area contributed by atoms with Gasteiger partial charge in [0.15, 0.2) is 0 Å². The van der Waals surface area contributed by atoms with Crippen molar-refractivity contribution in [1.82, 2.24) is 10.2 Å². The van der Waals surface area contributed by atoms with E-state index in [0.717, 1.165) is 38.0 Å². The Labute approximate surface area is 126 Å². The molecule has 1 amide bonds. The number of hydrogen-bond acceptors (Lipinski definition) is 2. The van der Waals surface area contributed by atoms with Crippen molar-refractivity contribution in [3.05, 3.63) is 35.6 Å². The standard InChI is InChI=1S/C17H25FN2O/c1-17(2,3)16(21)19-15-7-9-20(10-8-15)12-13-5-4-6-14(18)11-13/h4-6,11,15H,7-10,12H2,1-3H3,(H,19,21). The summed E-state index contributed by atoms with van der Waals surface area (Å²) in [5.74, 6) is -0.0640. The lowest BCUT2D eigenvalue weighted by atomic mass is 9.94. The van der Waals surface area contributed by atoms with Crippen molar-refractivity contribution < 1.29 is 9.18 Å². The van der Waals surface area contributed by atoms with Crippen LogP contribution in [0.2, 0.25) is 0 Å². The summed E-state index contributed by atoms with van der Waals surface area (Å²) in [4.78, 5) is 14.3. The van der Waals surface area contributed by atoms with E-state index in [1.54, 1.807) is 12.1 Å². The number of nitrogens with one attached hydrogen (secondary N) is 1. The first kappa shape index (κ1) is 16.0. The number of likely N-dealkylation sites (tertiary alicyclic amines) is 1. The number of carbonyl (C=O) groups excluding carboxylic acids is 1. The number of carbonyl (C=O) groups is 1. The Hall–Kier alpha value is -1.42. The van der Waals surface area contributed by atoms with Crippen LogP contribution in [0.3, 0.4) is 0 Å². The first-order valence-corrected chi connectivity index (χ1v) is 7.62. The summed E-state index contributed by atoms with van der Waals surface area (Å²) in [6, 6.07) is 7.03. The van der Waals surface area contributed by atoms with Crippen LogP contribution < -0.4 is 5.32 Å². The van der Waals surface area contributed by atoms with Crippen molar-refractivity contribution in [3.8, 4) is 0 Å². The average molecular weight is 292 g/mol. The Morgan fingerprint density at radius 3 is 2.57 bits per heavy atom. The highest BCUT2D eigenvalue weighted by atomic mass is 19.1. The van der Waals surface area contributed by atoms with E-state index in [0.29, 0.717) is 0 Å². The highest BCUT2D eigenvalue weighted by Gasteiger charge is 2.26. The third-order valence-electron chi connectivity index (χ3n) is 3.90. The van der Waals surface area contributed by atoms with Crippen molar-refractivity contribution >= 4 is 5.91 Å². The number of halogens is 1. The van der Waals surface area contributed by atoms with Crippen molar-refractivity contribution in [1.29, 1.82) is 0 Å². The van der Waals surface area contributed by atoms with Gasteiger partial charge in [-0.15, -0.1) is 0 Å². The lowest BCUT2D eigenvalue weighted by Gasteiger charge is -2.33. The Balaban J connectivity index is 1.80. The fourth-order valence-corrected chi connectivity index (χ4v) is 2.53. The van der Waals surface area contributed by atoms with Gasteiger partial charge in [-0.2, -0.15) is 0 Å². The maximum absolute atomic E-state index is 13.2.